The summed E-state index contributed by atoms with van der Waals surface area (Å²) in [6.45, 7) is 0.220. The van der Waals surface area contributed by atoms with Gasteiger partial charge in [-0.25, -0.2) is 4.79 Å². The number of H-pyrrole nitrogens is 1. The first-order valence-corrected chi connectivity index (χ1v) is 4.59. The number of carboxylic acid groups (broad SMARTS) is 1. The van der Waals surface area contributed by atoms with Gasteiger partial charge in [-0.3, -0.25) is 9.78 Å². The number of hydrogen-bond donors (Lipinski definition) is 4. The van der Waals surface area contributed by atoms with E-state index in [4.69, 9.17) is 10.8 Å². The van der Waals surface area contributed by atoms with Gasteiger partial charge >= 0.3 is 5.97 Å². The lowest BCUT2D eigenvalue weighted by atomic mass is 10.2. The van der Waals surface area contributed by atoms with Crippen LogP contribution in [0.4, 0.5) is 17.5 Å². The van der Waals surface area contributed by atoms with E-state index in [1.807, 2.05) is 0 Å². The molecule has 1 aromatic heterocycles. The van der Waals surface area contributed by atoms with Crippen molar-refractivity contribution in [2.75, 3.05) is 29.5 Å². The molecule has 2 rings (SSSR count). The van der Waals surface area contributed by atoms with E-state index in [-0.39, 0.29) is 18.2 Å². The number of carbonyl (C=O) groups is 1. The molecule has 0 fully saturated rings. The minimum Gasteiger partial charge on any atom is -0.480 e. The lowest BCUT2D eigenvalue weighted by Gasteiger charge is -2.30. The summed E-state index contributed by atoms with van der Waals surface area (Å²) in [5.41, 5.74) is 5.06. The SMILES string of the molecule is CN1CC(C(=O)O)Nc2c1nc(N)[nH]c2=O. The Labute approximate surface area is 90.1 Å². The number of nitrogens with one attached hydrogen (secondary N) is 2. The van der Waals surface area contributed by atoms with E-state index in [2.05, 4.69) is 15.3 Å². The molecule has 0 saturated heterocycles. The van der Waals surface area contributed by atoms with Crippen molar-refractivity contribution in [2.24, 2.45) is 0 Å². The number of nitrogen functional groups attached to an aromatic ring is 1. The van der Waals surface area contributed by atoms with Crippen LogP contribution in [0.5, 0.6) is 0 Å². The fourth-order valence-corrected chi connectivity index (χ4v) is 1.60. The number of likely N-dealkylation sites (N-methyl/N-ethyl adjacent to an activating group) is 1. The van der Waals surface area contributed by atoms with E-state index in [1.54, 1.807) is 11.9 Å². The van der Waals surface area contributed by atoms with Crippen LogP contribution in [0.1, 0.15) is 0 Å². The molecule has 1 aliphatic rings. The van der Waals surface area contributed by atoms with Crippen molar-refractivity contribution >= 4 is 23.4 Å². The first kappa shape index (κ1) is 10.3. The largest absolute Gasteiger partial charge is 0.480 e. The van der Waals surface area contributed by atoms with Crippen molar-refractivity contribution in [3.8, 4) is 0 Å². The van der Waals surface area contributed by atoms with Crippen molar-refractivity contribution in [1.82, 2.24) is 9.97 Å². The van der Waals surface area contributed by atoms with Crippen LogP contribution in [0.2, 0.25) is 0 Å². The molecule has 8 heteroatoms. The minimum absolute atomic E-state index is 0.00572. The van der Waals surface area contributed by atoms with Crippen molar-refractivity contribution in [3.63, 3.8) is 0 Å². The predicted octanol–water partition coefficient (Wildman–Crippen LogP) is -1.33. The van der Waals surface area contributed by atoms with E-state index in [0.717, 1.165) is 0 Å². The molecule has 0 saturated carbocycles. The van der Waals surface area contributed by atoms with Crippen LogP contribution in [-0.4, -0.2) is 40.7 Å². The Bertz CT molecular complexity index is 497. The van der Waals surface area contributed by atoms with Crippen molar-refractivity contribution in [2.45, 2.75) is 6.04 Å². The van der Waals surface area contributed by atoms with E-state index < -0.39 is 17.6 Å². The Hall–Kier alpha value is -2.25. The highest BCUT2D eigenvalue weighted by Crippen LogP contribution is 2.24. The normalized spacial score (nSPS) is 18.8. The van der Waals surface area contributed by atoms with Gasteiger partial charge in [-0.1, -0.05) is 0 Å². The van der Waals surface area contributed by atoms with Crippen molar-refractivity contribution in [1.29, 1.82) is 0 Å². The lowest BCUT2D eigenvalue weighted by Crippen LogP contribution is -2.46. The van der Waals surface area contributed by atoms with Crippen LogP contribution in [0.25, 0.3) is 0 Å². The predicted molar refractivity (Wildman–Crippen MR) is 57.6 cm³/mol. The summed E-state index contributed by atoms with van der Waals surface area (Å²) in [4.78, 5) is 30.2. The average Bonchev–Trinajstić information content (AvgIpc) is 2.19. The maximum atomic E-state index is 11.5. The van der Waals surface area contributed by atoms with Gasteiger partial charge in [-0.15, -0.1) is 0 Å². The van der Waals surface area contributed by atoms with Gasteiger partial charge in [0.1, 0.15) is 11.7 Å². The third-order valence-corrected chi connectivity index (χ3v) is 2.35. The number of nitrogens with zero attached hydrogens (tertiary/aromatic N) is 2. The summed E-state index contributed by atoms with van der Waals surface area (Å²) in [6, 6.07) is -0.830. The molecule has 0 bridgehead atoms. The molecule has 1 atom stereocenters. The van der Waals surface area contributed by atoms with Crippen LogP contribution in [0, 0.1) is 0 Å². The average molecular weight is 225 g/mol. The number of nitrogens with two attached hydrogens (primary N) is 1. The minimum atomic E-state index is -1.02. The summed E-state index contributed by atoms with van der Waals surface area (Å²) in [5.74, 6) is -0.654. The topological polar surface area (TPSA) is 124 Å². The molecule has 1 unspecified atom stereocenters. The first-order chi connectivity index (χ1) is 7.49. The van der Waals surface area contributed by atoms with Gasteiger partial charge in [0.25, 0.3) is 5.56 Å². The summed E-state index contributed by atoms with van der Waals surface area (Å²) >= 11 is 0. The number of aromatic amines is 1. The summed E-state index contributed by atoms with van der Waals surface area (Å²) in [6.07, 6.45) is 0. The maximum absolute atomic E-state index is 11.5. The van der Waals surface area contributed by atoms with Crippen LogP contribution in [-0.2, 0) is 4.79 Å². The number of fused-ring (bicyclic) bond motifs is 1. The molecule has 0 aromatic carbocycles. The van der Waals surface area contributed by atoms with Crippen LogP contribution in [0.3, 0.4) is 0 Å². The Morgan fingerprint density at radius 1 is 1.69 bits per heavy atom. The molecule has 0 radical (unpaired) electrons. The molecule has 1 aliphatic heterocycles. The van der Waals surface area contributed by atoms with Gasteiger partial charge in [0.05, 0.1) is 6.54 Å². The molecule has 5 N–H and O–H groups in total. The highest BCUT2D eigenvalue weighted by atomic mass is 16.4. The molecular weight excluding hydrogens is 214 g/mol. The number of rotatable bonds is 1. The smallest absolute Gasteiger partial charge is 0.327 e. The Morgan fingerprint density at radius 2 is 2.38 bits per heavy atom. The zero-order valence-electron chi connectivity index (χ0n) is 8.52. The molecule has 86 valence electrons. The molecule has 0 amide bonds. The summed E-state index contributed by atoms with van der Waals surface area (Å²) in [7, 11) is 1.65. The summed E-state index contributed by atoms with van der Waals surface area (Å²) < 4.78 is 0. The van der Waals surface area contributed by atoms with Crippen LogP contribution < -0.4 is 21.5 Å². The Balaban J connectivity index is 2.50. The zero-order chi connectivity index (χ0) is 11.9. The zero-order valence-corrected chi connectivity index (χ0v) is 8.52. The second kappa shape index (κ2) is 3.40. The lowest BCUT2D eigenvalue weighted by molar-refractivity contribution is -0.137. The number of anilines is 3. The molecular formula is C8H11N5O3. The van der Waals surface area contributed by atoms with Gasteiger partial charge in [-0.2, -0.15) is 4.98 Å². The van der Waals surface area contributed by atoms with E-state index >= 15 is 0 Å². The quantitative estimate of drug-likeness (QED) is 0.466. The monoisotopic (exact) mass is 225 g/mol. The molecule has 16 heavy (non-hydrogen) atoms. The number of hydrogen-bond acceptors (Lipinski definition) is 6. The number of aliphatic carboxylic acids is 1. The van der Waals surface area contributed by atoms with E-state index in [9.17, 15) is 9.59 Å². The third kappa shape index (κ3) is 1.53. The van der Waals surface area contributed by atoms with E-state index in [1.165, 1.54) is 0 Å². The standard InChI is InChI=1S/C8H11N5O3/c1-13-2-3(7(15)16)10-4-5(13)11-8(9)12-6(4)14/h3,10H,2H2,1H3,(H,15,16)(H3,9,11,12,14). The number of carboxylic acids is 1. The fourth-order valence-electron chi connectivity index (χ4n) is 1.60. The Morgan fingerprint density at radius 3 is 3.00 bits per heavy atom. The maximum Gasteiger partial charge on any atom is 0.327 e. The molecule has 2 heterocycles. The second-order valence-corrected chi connectivity index (χ2v) is 3.57. The molecule has 0 spiro atoms. The van der Waals surface area contributed by atoms with Crippen molar-refractivity contribution in [3.05, 3.63) is 10.4 Å². The fraction of sp³-hybridized carbons (Fsp3) is 0.375. The molecule has 1 aromatic rings. The number of aromatic nitrogens is 2. The second-order valence-electron chi connectivity index (χ2n) is 3.57. The van der Waals surface area contributed by atoms with Crippen LogP contribution in [0.15, 0.2) is 4.79 Å². The molecule has 0 aliphatic carbocycles. The van der Waals surface area contributed by atoms with Gasteiger partial charge in [0.15, 0.2) is 5.82 Å². The highest BCUT2D eigenvalue weighted by Gasteiger charge is 2.29. The first-order valence-electron chi connectivity index (χ1n) is 4.59. The van der Waals surface area contributed by atoms with Gasteiger partial charge in [-0.05, 0) is 0 Å². The van der Waals surface area contributed by atoms with Crippen molar-refractivity contribution < 1.29 is 9.90 Å². The summed E-state index contributed by atoms with van der Waals surface area (Å²) in [5, 5.41) is 11.5. The van der Waals surface area contributed by atoms with Gasteiger partial charge in [0, 0.05) is 7.05 Å². The Kier molecular flexibility index (Phi) is 2.18. The van der Waals surface area contributed by atoms with Crippen LogP contribution >= 0.6 is 0 Å². The third-order valence-electron chi connectivity index (χ3n) is 2.35. The molecule has 8 nitrogen and oxygen atoms in total. The van der Waals surface area contributed by atoms with E-state index in [0.29, 0.717) is 5.82 Å². The highest BCUT2D eigenvalue weighted by molar-refractivity contribution is 5.82. The van der Waals surface area contributed by atoms with Gasteiger partial charge in [0.2, 0.25) is 5.95 Å². The van der Waals surface area contributed by atoms with Gasteiger partial charge < -0.3 is 21.1 Å².